The Kier molecular flexibility index (Phi) is 8.21. The number of carbonyl (C=O) groups is 2. The lowest BCUT2D eigenvalue weighted by Crippen LogP contribution is -2.44. The second-order valence-electron chi connectivity index (χ2n) is 9.07. The van der Waals surface area contributed by atoms with Gasteiger partial charge < -0.3 is 15.3 Å². The Labute approximate surface area is 206 Å². The Hall–Kier alpha value is -3.58. The molecular weight excluding hydrogens is 440 g/mol. The monoisotopic (exact) mass is 472 g/mol. The summed E-state index contributed by atoms with van der Waals surface area (Å²) < 4.78 is 0. The van der Waals surface area contributed by atoms with E-state index in [1.807, 2.05) is 61.5 Å². The molecule has 2 N–H and O–H groups in total. The second-order valence-corrected chi connectivity index (χ2v) is 9.07. The van der Waals surface area contributed by atoms with Crippen LogP contribution in [0.4, 0.5) is 0 Å². The number of piperidine rings is 1. The number of carbonyl (C=O) groups excluding carboxylic acids is 2. The molecule has 35 heavy (non-hydrogen) atoms. The van der Waals surface area contributed by atoms with Crippen LogP contribution in [0.15, 0.2) is 67.0 Å². The van der Waals surface area contributed by atoms with Crippen molar-refractivity contribution in [2.45, 2.75) is 51.2 Å². The Balaban J connectivity index is 1.34. The van der Waals surface area contributed by atoms with Crippen molar-refractivity contribution in [1.29, 1.82) is 0 Å². The number of rotatable bonds is 8. The maximum Gasteiger partial charge on any atom is 0.253 e. The molecule has 2 aromatic heterocycles. The number of nitrogens with zero attached hydrogens (tertiary/aromatic N) is 3. The van der Waals surface area contributed by atoms with Gasteiger partial charge in [-0.25, -0.2) is 0 Å². The number of hydrogen-bond donors (Lipinski definition) is 2. The van der Waals surface area contributed by atoms with Gasteiger partial charge in [0.15, 0.2) is 0 Å². The summed E-state index contributed by atoms with van der Waals surface area (Å²) in [6.07, 6.45) is 4.91. The van der Waals surface area contributed by atoms with Crippen LogP contribution in [0.1, 0.15) is 58.1 Å². The highest BCUT2D eigenvalue weighted by Gasteiger charge is 2.30. The number of aryl methyl sites for hydroxylation is 2. The molecule has 1 atom stereocenters. The third kappa shape index (κ3) is 6.51. The van der Waals surface area contributed by atoms with E-state index in [1.165, 1.54) is 0 Å². The normalized spacial score (nSPS) is 15.0. The van der Waals surface area contributed by atoms with E-state index in [0.29, 0.717) is 50.9 Å². The van der Waals surface area contributed by atoms with Crippen LogP contribution in [-0.2, 0) is 17.8 Å². The van der Waals surface area contributed by atoms with Gasteiger partial charge in [0.05, 0.1) is 11.3 Å². The summed E-state index contributed by atoms with van der Waals surface area (Å²) in [5, 5.41) is 13.4. The van der Waals surface area contributed by atoms with Crippen LogP contribution in [0.3, 0.4) is 0 Å². The van der Waals surface area contributed by atoms with Crippen molar-refractivity contribution < 1.29 is 14.7 Å². The molecule has 0 bridgehead atoms. The third-order valence-corrected chi connectivity index (χ3v) is 6.51. The van der Waals surface area contributed by atoms with Crippen molar-refractivity contribution in [1.82, 2.24) is 20.2 Å². The fourth-order valence-corrected chi connectivity index (χ4v) is 4.52. The van der Waals surface area contributed by atoms with E-state index in [0.717, 1.165) is 22.5 Å². The predicted octanol–water partition coefficient (Wildman–Crippen LogP) is 3.41. The van der Waals surface area contributed by atoms with Crippen molar-refractivity contribution >= 4 is 11.8 Å². The summed E-state index contributed by atoms with van der Waals surface area (Å²) in [4.78, 5) is 36.3. The van der Waals surface area contributed by atoms with Crippen LogP contribution >= 0.6 is 0 Å². The van der Waals surface area contributed by atoms with Gasteiger partial charge in [-0.15, -0.1) is 0 Å². The summed E-state index contributed by atoms with van der Waals surface area (Å²) >= 11 is 0. The van der Waals surface area contributed by atoms with Crippen LogP contribution in [0.25, 0.3) is 0 Å². The van der Waals surface area contributed by atoms with Gasteiger partial charge in [-0.3, -0.25) is 19.6 Å². The Bertz CT molecular complexity index is 1130. The fourth-order valence-electron chi connectivity index (χ4n) is 4.52. The molecular formula is C28H32N4O3. The molecule has 3 heterocycles. The van der Waals surface area contributed by atoms with Crippen LogP contribution < -0.4 is 5.32 Å². The summed E-state index contributed by atoms with van der Waals surface area (Å²) in [7, 11) is 0. The zero-order chi connectivity index (χ0) is 24.6. The average Bonchev–Trinajstić information content (AvgIpc) is 2.91. The zero-order valence-electron chi connectivity index (χ0n) is 20.1. The van der Waals surface area contributed by atoms with Crippen molar-refractivity contribution in [2.24, 2.45) is 0 Å². The van der Waals surface area contributed by atoms with Crippen molar-refractivity contribution in [2.75, 3.05) is 13.1 Å². The van der Waals surface area contributed by atoms with Gasteiger partial charge in [0.25, 0.3) is 11.8 Å². The first-order chi connectivity index (χ1) is 17.0. The Morgan fingerprint density at radius 1 is 1.06 bits per heavy atom. The Morgan fingerprint density at radius 3 is 2.51 bits per heavy atom. The van der Waals surface area contributed by atoms with Gasteiger partial charge in [0, 0.05) is 43.6 Å². The number of aromatic nitrogens is 2. The highest BCUT2D eigenvalue weighted by atomic mass is 16.3. The van der Waals surface area contributed by atoms with Crippen molar-refractivity contribution in [3.05, 3.63) is 95.1 Å². The quantitative estimate of drug-likeness (QED) is 0.524. The van der Waals surface area contributed by atoms with E-state index >= 15 is 0 Å². The summed E-state index contributed by atoms with van der Waals surface area (Å²) in [5.74, 6) is -0.295. The minimum absolute atomic E-state index is 0.0829. The maximum absolute atomic E-state index is 13.0. The first-order valence-electron chi connectivity index (χ1n) is 12.2. The first kappa shape index (κ1) is 24.5. The van der Waals surface area contributed by atoms with Gasteiger partial charge in [-0.1, -0.05) is 36.4 Å². The van der Waals surface area contributed by atoms with Gasteiger partial charge >= 0.3 is 0 Å². The number of aliphatic hydroxyl groups excluding tert-OH is 1. The van der Waals surface area contributed by atoms with Crippen LogP contribution in [0.5, 0.6) is 0 Å². The van der Waals surface area contributed by atoms with E-state index < -0.39 is 6.10 Å². The molecule has 1 aromatic carbocycles. The van der Waals surface area contributed by atoms with E-state index in [2.05, 4.69) is 10.3 Å². The highest BCUT2D eigenvalue weighted by Crippen LogP contribution is 2.30. The average molecular weight is 473 g/mol. The summed E-state index contributed by atoms with van der Waals surface area (Å²) in [6, 6.07) is 17.3. The standard InChI is InChI=1S/C28H32N4O3/c1-20-9-11-24(27(34)30-19-22-8-5-15-29-18-22)26(31-20)23-13-16-32(17-14-23)28(35)25(33)12-10-21-6-3-2-4-7-21/h2-9,11,15,18,23,25,33H,10,12-14,16-17,19H2,1H3,(H,30,34)/t25-/m1/s1. The molecule has 182 valence electrons. The second kappa shape index (κ2) is 11.7. The van der Waals surface area contributed by atoms with Gasteiger partial charge in [0.1, 0.15) is 6.10 Å². The van der Waals surface area contributed by atoms with E-state index in [9.17, 15) is 14.7 Å². The lowest BCUT2D eigenvalue weighted by atomic mass is 9.89. The highest BCUT2D eigenvalue weighted by molar-refractivity contribution is 5.95. The number of nitrogens with one attached hydrogen (secondary N) is 1. The van der Waals surface area contributed by atoms with E-state index in [-0.39, 0.29) is 17.7 Å². The van der Waals surface area contributed by atoms with Crippen LogP contribution in [0, 0.1) is 6.92 Å². The van der Waals surface area contributed by atoms with Gasteiger partial charge in [0.2, 0.25) is 0 Å². The number of hydrogen-bond acceptors (Lipinski definition) is 5. The van der Waals surface area contributed by atoms with Crippen LogP contribution in [-0.4, -0.2) is 51.0 Å². The van der Waals surface area contributed by atoms with Gasteiger partial charge in [-0.05, 0) is 61.9 Å². The molecule has 0 aliphatic carbocycles. The third-order valence-electron chi connectivity index (χ3n) is 6.51. The number of likely N-dealkylation sites (tertiary alicyclic amines) is 1. The van der Waals surface area contributed by atoms with E-state index in [1.54, 1.807) is 17.3 Å². The maximum atomic E-state index is 13.0. The molecule has 0 saturated carbocycles. The molecule has 1 aliphatic heterocycles. The summed E-state index contributed by atoms with van der Waals surface area (Å²) in [5.41, 5.74) is 4.26. The molecule has 7 nitrogen and oxygen atoms in total. The lowest BCUT2D eigenvalue weighted by molar-refractivity contribution is -0.141. The molecule has 4 rings (SSSR count). The molecule has 0 unspecified atom stereocenters. The summed E-state index contributed by atoms with van der Waals surface area (Å²) in [6.45, 7) is 3.40. The van der Waals surface area contributed by atoms with Gasteiger partial charge in [-0.2, -0.15) is 0 Å². The lowest BCUT2D eigenvalue weighted by Gasteiger charge is -2.33. The van der Waals surface area contributed by atoms with Crippen molar-refractivity contribution in [3.63, 3.8) is 0 Å². The molecule has 0 spiro atoms. The van der Waals surface area contributed by atoms with Crippen molar-refractivity contribution in [3.8, 4) is 0 Å². The number of pyridine rings is 2. The minimum Gasteiger partial charge on any atom is -0.383 e. The molecule has 1 aliphatic rings. The largest absolute Gasteiger partial charge is 0.383 e. The Morgan fingerprint density at radius 2 is 1.80 bits per heavy atom. The smallest absolute Gasteiger partial charge is 0.253 e. The van der Waals surface area contributed by atoms with E-state index in [4.69, 9.17) is 4.98 Å². The molecule has 3 aromatic rings. The SMILES string of the molecule is Cc1ccc(C(=O)NCc2cccnc2)c(C2CCN(C(=O)[C@H](O)CCc3ccccc3)CC2)n1. The predicted molar refractivity (Wildman–Crippen MR) is 134 cm³/mol. The fraction of sp³-hybridized carbons (Fsp3) is 0.357. The minimum atomic E-state index is -1.00. The number of aliphatic hydroxyl groups is 1. The number of amides is 2. The zero-order valence-corrected chi connectivity index (χ0v) is 20.1. The number of benzene rings is 1. The van der Waals surface area contributed by atoms with Crippen LogP contribution in [0.2, 0.25) is 0 Å². The molecule has 7 heteroatoms. The molecule has 1 fully saturated rings. The molecule has 1 saturated heterocycles. The topological polar surface area (TPSA) is 95.4 Å². The first-order valence-corrected chi connectivity index (χ1v) is 12.2. The molecule has 0 radical (unpaired) electrons. The molecule has 2 amide bonds.